The van der Waals surface area contributed by atoms with Gasteiger partial charge in [-0.25, -0.2) is 13.2 Å². The Morgan fingerprint density at radius 1 is 1.21 bits per heavy atom. The molecule has 0 unspecified atom stereocenters. The molecule has 0 saturated carbocycles. The molecule has 0 spiro atoms. The standard InChI is InChI=1S/C12H14O6S/c1-2-3-4-19(17,18)10-6-8(11(13)14)5-9(7-10)12(15)16/h5-7H,2-4H2,1H3,(H,13,14)(H,15,16)/p-1. The summed E-state index contributed by atoms with van der Waals surface area (Å²) in [5.74, 6) is -3.16. The Kier molecular flexibility index (Phi) is 4.66. The smallest absolute Gasteiger partial charge is 0.335 e. The number of aromatic carboxylic acids is 2. The fourth-order valence-corrected chi connectivity index (χ4v) is 2.99. The number of hydrogen-bond acceptors (Lipinski definition) is 5. The highest BCUT2D eigenvalue weighted by Crippen LogP contribution is 2.18. The minimum atomic E-state index is -3.69. The van der Waals surface area contributed by atoms with E-state index in [1.54, 1.807) is 0 Å². The summed E-state index contributed by atoms with van der Waals surface area (Å²) >= 11 is 0. The van der Waals surface area contributed by atoms with Crippen molar-refractivity contribution in [1.29, 1.82) is 0 Å². The summed E-state index contributed by atoms with van der Waals surface area (Å²) in [5, 5.41) is 19.6. The minimum Gasteiger partial charge on any atom is -0.545 e. The zero-order valence-electron chi connectivity index (χ0n) is 10.3. The number of benzene rings is 1. The number of unbranched alkanes of at least 4 members (excludes halogenated alkanes) is 1. The molecular formula is C12H13O6S-. The van der Waals surface area contributed by atoms with Crippen LogP contribution in [0.3, 0.4) is 0 Å². The molecule has 0 aliphatic carbocycles. The summed E-state index contributed by atoms with van der Waals surface area (Å²) in [5.41, 5.74) is -0.855. The van der Waals surface area contributed by atoms with Gasteiger partial charge >= 0.3 is 5.97 Å². The summed E-state index contributed by atoms with van der Waals surface area (Å²) in [7, 11) is -3.69. The Morgan fingerprint density at radius 3 is 2.26 bits per heavy atom. The number of carboxylic acids is 2. The van der Waals surface area contributed by atoms with Crippen LogP contribution in [-0.4, -0.2) is 31.2 Å². The molecule has 0 amide bonds. The van der Waals surface area contributed by atoms with Crippen molar-refractivity contribution in [3.8, 4) is 0 Å². The van der Waals surface area contributed by atoms with E-state index in [-0.39, 0.29) is 10.6 Å². The third kappa shape index (κ3) is 3.78. The summed E-state index contributed by atoms with van der Waals surface area (Å²) in [6.45, 7) is 1.82. The molecule has 0 atom stereocenters. The second-order valence-corrected chi connectivity index (χ2v) is 6.12. The second-order valence-electron chi connectivity index (χ2n) is 4.01. The van der Waals surface area contributed by atoms with Crippen LogP contribution in [0.5, 0.6) is 0 Å². The van der Waals surface area contributed by atoms with E-state index >= 15 is 0 Å². The lowest BCUT2D eigenvalue weighted by Gasteiger charge is -2.09. The molecule has 0 fully saturated rings. The monoisotopic (exact) mass is 285 g/mol. The number of sulfone groups is 1. The van der Waals surface area contributed by atoms with E-state index in [0.717, 1.165) is 18.2 Å². The van der Waals surface area contributed by atoms with Gasteiger partial charge in [-0.15, -0.1) is 0 Å². The topological polar surface area (TPSA) is 112 Å². The van der Waals surface area contributed by atoms with Gasteiger partial charge in [0.25, 0.3) is 0 Å². The van der Waals surface area contributed by atoms with Crippen LogP contribution in [0, 0.1) is 0 Å². The average Bonchev–Trinajstić information content (AvgIpc) is 2.35. The molecule has 1 rings (SSSR count). The van der Waals surface area contributed by atoms with E-state index in [0.29, 0.717) is 12.8 Å². The van der Waals surface area contributed by atoms with Crippen LogP contribution < -0.4 is 5.11 Å². The van der Waals surface area contributed by atoms with Crippen molar-refractivity contribution in [1.82, 2.24) is 0 Å². The van der Waals surface area contributed by atoms with E-state index < -0.39 is 32.9 Å². The minimum absolute atomic E-state index is 0.154. The Bertz CT molecular complexity index is 570. The number of carbonyl (C=O) groups is 2. The highest BCUT2D eigenvalue weighted by atomic mass is 32.2. The molecule has 19 heavy (non-hydrogen) atoms. The lowest BCUT2D eigenvalue weighted by molar-refractivity contribution is -0.255. The van der Waals surface area contributed by atoms with Crippen LogP contribution in [0.1, 0.15) is 40.5 Å². The van der Waals surface area contributed by atoms with Gasteiger partial charge < -0.3 is 15.0 Å². The van der Waals surface area contributed by atoms with E-state index in [2.05, 4.69) is 0 Å². The van der Waals surface area contributed by atoms with E-state index in [1.165, 1.54) is 0 Å². The summed E-state index contributed by atoms with van der Waals surface area (Å²) in [4.78, 5) is 21.3. The van der Waals surface area contributed by atoms with E-state index in [9.17, 15) is 23.1 Å². The molecule has 0 aliphatic rings. The lowest BCUT2D eigenvalue weighted by Crippen LogP contribution is -2.23. The first-order valence-electron chi connectivity index (χ1n) is 5.60. The molecule has 0 aliphatic heterocycles. The fraction of sp³-hybridized carbons (Fsp3) is 0.333. The van der Waals surface area contributed by atoms with Crippen LogP contribution >= 0.6 is 0 Å². The molecule has 0 radical (unpaired) electrons. The fourth-order valence-electron chi connectivity index (χ4n) is 1.47. The zero-order chi connectivity index (χ0) is 14.6. The van der Waals surface area contributed by atoms with Crippen molar-refractivity contribution in [2.45, 2.75) is 24.7 Å². The van der Waals surface area contributed by atoms with Gasteiger partial charge in [-0.3, -0.25) is 0 Å². The first-order chi connectivity index (χ1) is 8.77. The van der Waals surface area contributed by atoms with Crippen LogP contribution in [0.2, 0.25) is 0 Å². The van der Waals surface area contributed by atoms with Gasteiger partial charge in [0, 0.05) is 0 Å². The van der Waals surface area contributed by atoms with Crippen LogP contribution in [0.25, 0.3) is 0 Å². The molecule has 0 aromatic heterocycles. The molecule has 1 N–H and O–H groups in total. The van der Waals surface area contributed by atoms with Gasteiger partial charge in [0.2, 0.25) is 0 Å². The van der Waals surface area contributed by atoms with Gasteiger partial charge in [-0.2, -0.15) is 0 Å². The van der Waals surface area contributed by atoms with Crippen molar-refractivity contribution in [2.24, 2.45) is 0 Å². The third-order valence-corrected chi connectivity index (χ3v) is 4.29. The predicted molar refractivity (Wildman–Crippen MR) is 64.7 cm³/mol. The van der Waals surface area contributed by atoms with Crippen molar-refractivity contribution in [3.63, 3.8) is 0 Å². The largest absolute Gasteiger partial charge is 0.545 e. The lowest BCUT2D eigenvalue weighted by atomic mass is 10.1. The number of hydrogen-bond donors (Lipinski definition) is 1. The van der Waals surface area contributed by atoms with Gasteiger partial charge in [-0.05, 0) is 30.2 Å². The molecule has 104 valence electrons. The van der Waals surface area contributed by atoms with E-state index in [4.69, 9.17) is 5.11 Å². The SMILES string of the molecule is CCCCS(=O)(=O)c1cc(C(=O)[O-])cc(C(=O)O)c1. The first-order valence-corrected chi connectivity index (χ1v) is 7.25. The van der Waals surface area contributed by atoms with E-state index in [1.807, 2.05) is 6.92 Å². The molecule has 7 heteroatoms. The van der Waals surface area contributed by atoms with Crippen molar-refractivity contribution in [3.05, 3.63) is 29.3 Å². The van der Waals surface area contributed by atoms with Crippen LogP contribution in [0.15, 0.2) is 23.1 Å². The maximum absolute atomic E-state index is 11.9. The van der Waals surface area contributed by atoms with Crippen LogP contribution in [-0.2, 0) is 9.84 Å². The molecule has 6 nitrogen and oxygen atoms in total. The molecule has 1 aromatic rings. The molecule has 0 heterocycles. The number of carbonyl (C=O) groups excluding carboxylic acids is 1. The van der Waals surface area contributed by atoms with Gasteiger partial charge in [0.1, 0.15) is 0 Å². The quantitative estimate of drug-likeness (QED) is 0.805. The Labute approximate surface area is 110 Å². The van der Waals surface area contributed by atoms with Gasteiger partial charge in [-0.1, -0.05) is 13.3 Å². The molecule has 1 aromatic carbocycles. The van der Waals surface area contributed by atoms with Crippen LogP contribution in [0.4, 0.5) is 0 Å². The first kappa shape index (κ1) is 15.2. The van der Waals surface area contributed by atoms with Crippen molar-refractivity contribution in [2.75, 3.05) is 5.75 Å². The normalized spacial score (nSPS) is 11.2. The van der Waals surface area contributed by atoms with Crippen molar-refractivity contribution < 1.29 is 28.2 Å². The highest BCUT2D eigenvalue weighted by molar-refractivity contribution is 7.91. The Hall–Kier alpha value is -1.89. The average molecular weight is 285 g/mol. The number of carboxylic acid groups (broad SMARTS) is 2. The number of rotatable bonds is 6. The molecule has 0 bridgehead atoms. The summed E-state index contributed by atoms with van der Waals surface area (Å²) in [6, 6.07) is 2.75. The Balaban J connectivity index is 3.35. The third-order valence-electron chi connectivity index (χ3n) is 2.51. The van der Waals surface area contributed by atoms with Gasteiger partial charge in [0.05, 0.1) is 22.2 Å². The zero-order valence-corrected chi connectivity index (χ0v) is 11.1. The van der Waals surface area contributed by atoms with Gasteiger partial charge in [0.15, 0.2) is 9.84 Å². The second kappa shape index (κ2) is 5.83. The van der Waals surface area contributed by atoms with Crippen molar-refractivity contribution >= 4 is 21.8 Å². The predicted octanol–water partition coefficient (Wildman–Crippen LogP) is 0.322. The maximum Gasteiger partial charge on any atom is 0.335 e. The summed E-state index contributed by atoms with van der Waals surface area (Å²) in [6.07, 6.45) is 1.07. The highest BCUT2D eigenvalue weighted by Gasteiger charge is 2.17. The summed E-state index contributed by atoms with van der Waals surface area (Å²) < 4.78 is 23.9. The molecular weight excluding hydrogens is 272 g/mol. The Morgan fingerprint density at radius 2 is 1.79 bits per heavy atom. The maximum atomic E-state index is 11.9. The molecule has 0 saturated heterocycles.